The summed E-state index contributed by atoms with van der Waals surface area (Å²) in [6.45, 7) is 0. The van der Waals surface area contributed by atoms with Gasteiger partial charge in [0, 0.05) is 10.6 Å². The molecule has 2 rings (SSSR count). The van der Waals surface area contributed by atoms with Gasteiger partial charge in [0.05, 0.1) is 10.6 Å². The van der Waals surface area contributed by atoms with E-state index >= 15 is 0 Å². The van der Waals surface area contributed by atoms with E-state index in [2.05, 4.69) is 0 Å². The number of primary amides is 1. The maximum atomic E-state index is 11.6. The van der Waals surface area contributed by atoms with Crippen LogP contribution in [0.2, 0.25) is 5.02 Å². The van der Waals surface area contributed by atoms with Crippen LogP contribution in [0.15, 0.2) is 52.3 Å². The lowest BCUT2D eigenvalue weighted by molar-refractivity contribution is 0.0997. The number of thioether (sulfide) groups is 1. The van der Waals surface area contributed by atoms with Gasteiger partial charge in [-0.1, -0.05) is 41.9 Å². The van der Waals surface area contributed by atoms with Gasteiger partial charge in [0.2, 0.25) is 15.9 Å². The Morgan fingerprint density at radius 1 is 1.17 bits per heavy atom. The molecule has 1 amide bonds. The van der Waals surface area contributed by atoms with Crippen molar-refractivity contribution in [1.29, 1.82) is 0 Å². The van der Waals surface area contributed by atoms with E-state index < -0.39 is 15.9 Å². The predicted octanol–water partition coefficient (Wildman–Crippen LogP) is 2.42. The van der Waals surface area contributed by atoms with Gasteiger partial charge in [0.25, 0.3) is 0 Å². The number of rotatable bonds is 6. The van der Waals surface area contributed by atoms with E-state index in [0.29, 0.717) is 10.6 Å². The highest BCUT2D eigenvalue weighted by atomic mass is 35.5. The fourth-order valence-electron chi connectivity index (χ4n) is 1.99. The minimum Gasteiger partial charge on any atom is -0.366 e. The zero-order chi connectivity index (χ0) is 17.0. The lowest BCUT2D eigenvalue weighted by Crippen LogP contribution is -2.17. The maximum absolute atomic E-state index is 11.6. The summed E-state index contributed by atoms with van der Waals surface area (Å²) < 4.78 is 22.9. The second-order valence-corrected chi connectivity index (χ2v) is 7.85. The van der Waals surface area contributed by atoms with E-state index in [1.807, 2.05) is 30.3 Å². The van der Waals surface area contributed by atoms with E-state index in [-0.39, 0.29) is 15.5 Å². The third-order valence-electron chi connectivity index (χ3n) is 3.10. The number of sulfonamides is 1. The number of carbonyl (C=O) groups excluding carboxylic acids is 1. The third-order valence-corrected chi connectivity index (χ3v) is 5.53. The molecular formula is C15H15ClN2O3S2. The van der Waals surface area contributed by atoms with Crippen LogP contribution in [-0.4, -0.2) is 20.1 Å². The van der Waals surface area contributed by atoms with Crippen LogP contribution in [0.1, 0.15) is 15.9 Å². The van der Waals surface area contributed by atoms with Gasteiger partial charge in [-0.25, -0.2) is 13.6 Å². The van der Waals surface area contributed by atoms with Crippen LogP contribution in [0.5, 0.6) is 0 Å². The number of hydrogen-bond donors (Lipinski definition) is 2. The Hall–Kier alpha value is -1.54. The van der Waals surface area contributed by atoms with Crippen molar-refractivity contribution in [2.75, 3.05) is 5.75 Å². The Morgan fingerprint density at radius 2 is 1.83 bits per heavy atom. The summed E-state index contributed by atoms with van der Waals surface area (Å²) in [6, 6.07) is 12.4. The molecule has 0 aliphatic heterocycles. The quantitative estimate of drug-likeness (QED) is 0.762. The second kappa shape index (κ2) is 7.35. The number of nitrogens with two attached hydrogens (primary N) is 2. The van der Waals surface area contributed by atoms with Gasteiger partial charge in [-0.05, 0) is 24.1 Å². The SMILES string of the molecule is NC(=O)c1cc(S(N)(=O)=O)c(Cl)cc1SCCc1ccccc1. The molecular weight excluding hydrogens is 356 g/mol. The van der Waals surface area contributed by atoms with Gasteiger partial charge < -0.3 is 5.73 Å². The highest BCUT2D eigenvalue weighted by molar-refractivity contribution is 7.99. The minimum absolute atomic E-state index is 0.0280. The molecule has 0 saturated heterocycles. The average molecular weight is 371 g/mol. The third kappa shape index (κ3) is 4.71. The first-order valence-corrected chi connectivity index (χ1v) is 9.53. The van der Waals surface area contributed by atoms with E-state index in [4.69, 9.17) is 22.5 Å². The average Bonchev–Trinajstić information content (AvgIpc) is 2.46. The van der Waals surface area contributed by atoms with Gasteiger partial charge in [-0.3, -0.25) is 4.79 Å². The van der Waals surface area contributed by atoms with Crippen LogP contribution >= 0.6 is 23.4 Å². The molecule has 122 valence electrons. The van der Waals surface area contributed by atoms with Gasteiger partial charge in [-0.2, -0.15) is 0 Å². The largest absolute Gasteiger partial charge is 0.366 e. The van der Waals surface area contributed by atoms with E-state index in [1.54, 1.807) is 0 Å². The van der Waals surface area contributed by atoms with Crippen molar-refractivity contribution < 1.29 is 13.2 Å². The minimum atomic E-state index is -4.02. The number of aryl methyl sites for hydroxylation is 1. The molecule has 0 fully saturated rings. The molecule has 0 radical (unpaired) electrons. The Labute approximate surface area is 144 Å². The standard InChI is InChI=1S/C15H15ClN2O3S2/c16-12-9-13(22-7-6-10-4-2-1-3-5-10)11(15(17)19)8-14(12)23(18,20)21/h1-5,8-9H,6-7H2,(H2,17,19)(H2,18,20,21). The summed E-state index contributed by atoms with van der Waals surface area (Å²) in [5.41, 5.74) is 6.58. The topological polar surface area (TPSA) is 103 Å². The van der Waals surface area contributed by atoms with Crippen molar-refractivity contribution in [1.82, 2.24) is 0 Å². The summed E-state index contributed by atoms with van der Waals surface area (Å²) in [5.74, 6) is -0.0382. The summed E-state index contributed by atoms with van der Waals surface area (Å²) >= 11 is 7.34. The molecule has 2 aromatic carbocycles. The summed E-state index contributed by atoms with van der Waals surface area (Å²) in [6.07, 6.45) is 0.790. The van der Waals surface area contributed by atoms with Crippen molar-refractivity contribution in [3.63, 3.8) is 0 Å². The highest BCUT2D eigenvalue weighted by Gasteiger charge is 2.19. The second-order valence-electron chi connectivity index (χ2n) is 4.77. The number of halogens is 1. The molecule has 2 aromatic rings. The van der Waals surface area contributed by atoms with Gasteiger partial charge in [0.1, 0.15) is 4.90 Å². The number of primary sulfonamides is 1. The van der Waals surface area contributed by atoms with Crippen LogP contribution in [0, 0.1) is 0 Å². The van der Waals surface area contributed by atoms with Crippen molar-refractivity contribution >= 4 is 39.3 Å². The van der Waals surface area contributed by atoms with Crippen LogP contribution < -0.4 is 10.9 Å². The predicted molar refractivity (Wildman–Crippen MR) is 92.2 cm³/mol. The van der Waals surface area contributed by atoms with Crippen LogP contribution in [0.25, 0.3) is 0 Å². The summed E-state index contributed by atoms with van der Waals surface area (Å²) in [7, 11) is -4.02. The maximum Gasteiger partial charge on any atom is 0.249 e. The normalized spacial score (nSPS) is 11.4. The molecule has 0 aliphatic rings. The molecule has 5 nitrogen and oxygen atoms in total. The molecule has 0 atom stereocenters. The zero-order valence-electron chi connectivity index (χ0n) is 12.0. The molecule has 0 heterocycles. The molecule has 4 N–H and O–H groups in total. The fourth-order valence-corrected chi connectivity index (χ4v) is 4.23. The molecule has 0 spiro atoms. The lowest BCUT2D eigenvalue weighted by Gasteiger charge is -2.10. The van der Waals surface area contributed by atoms with Gasteiger partial charge >= 0.3 is 0 Å². The lowest BCUT2D eigenvalue weighted by atomic mass is 10.2. The van der Waals surface area contributed by atoms with Gasteiger partial charge in [0.15, 0.2) is 0 Å². The number of benzene rings is 2. The van der Waals surface area contributed by atoms with Crippen LogP contribution in [0.4, 0.5) is 0 Å². The monoisotopic (exact) mass is 370 g/mol. The zero-order valence-corrected chi connectivity index (χ0v) is 14.4. The molecule has 8 heteroatoms. The number of hydrogen-bond acceptors (Lipinski definition) is 4. The molecule has 0 unspecified atom stereocenters. The summed E-state index contributed by atoms with van der Waals surface area (Å²) in [5, 5.41) is 5.05. The van der Waals surface area contributed by atoms with E-state index in [9.17, 15) is 13.2 Å². The smallest absolute Gasteiger partial charge is 0.249 e. The molecule has 0 aromatic heterocycles. The summed E-state index contributed by atoms with van der Waals surface area (Å²) in [4.78, 5) is 11.8. The Balaban J connectivity index is 2.24. The Bertz CT molecular complexity index is 824. The first-order valence-electron chi connectivity index (χ1n) is 6.62. The van der Waals surface area contributed by atoms with Crippen molar-refractivity contribution in [3.05, 3.63) is 58.6 Å². The number of carbonyl (C=O) groups is 1. The first kappa shape index (κ1) is 17.8. The molecule has 0 saturated carbocycles. The van der Waals surface area contributed by atoms with Crippen molar-refractivity contribution in [3.8, 4) is 0 Å². The first-order chi connectivity index (χ1) is 10.8. The van der Waals surface area contributed by atoms with Gasteiger partial charge in [-0.15, -0.1) is 11.8 Å². The van der Waals surface area contributed by atoms with E-state index in [1.165, 1.54) is 17.8 Å². The fraction of sp³-hybridized carbons (Fsp3) is 0.133. The number of amides is 1. The highest BCUT2D eigenvalue weighted by Crippen LogP contribution is 2.31. The van der Waals surface area contributed by atoms with Crippen LogP contribution in [0.3, 0.4) is 0 Å². The Morgan fingerprint density at radius 3 is 2.39 bits per heavy atom. The van der Waals surface area contributed by atoms with E-state index in [0.717, 1.165) is 18.1 Å². The molecule has 0 bridgehead atoms. The molecule has 0 aliphatic carbocycles. The molecule has 23 heavy (non-hydrogen) atoms. The van der Waals surface area contributed by atoms with Crippen molar-refractivity contribution in [2.24, 2.45) is 10.9 Å². The Kier molecular flexibility index (Phi) is 5.69. The van der Waals surface area contributed by atoms with Crippen molar-refractivity contribution in [2.45, 2.75) is 16.2 Å². The van der Waals surface area contributed by atoms with Crippen LogP contribution in [-0.2, 0) is 16.4 Å².